The Morgan fingerprint density at radius 3 is 2.73 bits per heavy atom. The summed E-state index contributed by atoms with van der Waals surface area (Å²) in [4.78, 5) is 37.8. The third-order valence-corrected chi connectivity index (χ3v) is 4.17. The summed E-state index contributed by atoms with van der Waals surface area (Å²) in [5.74, 6) is -0.0598. The Kier molecular flexibility index (Phi) is 5.20. The number of fused-ring (bicyclic) bond motifs is 1. The summed E-state index contributed by atoms with van der Waals surface area (Å²) in [7, 11) is 0. The molecule has 1 aromatic heterocycles. The first-order chi connectivity index (χ1) is 10.5. The van der Waals surface area contributed by atoms with Crippen LogP contribution >= 0.6 is 23.2 Å². The van der Waals surface area contributed by atoms with Crippen molar-refractivity contribution in [1.82, 2.24) is 15.2 Å². The average Bonchev–Trinajstić information content (AvgIpc) is 3.02. The van der Waals surface area contributed by atoms with Crippen molar-refractivity contribution >= 4 is 41.5 Å². The number of nitrogens with one attached hydrogen (secondary N) is 1. The molecule has 7 nitrogen and oxygen atoms in total. The lowest BCUT2D eigenvalue weighted by Crippen LogP contribution is -2.33. The molecule has 2 aliphatic heterocycles. The second kappa shape index (κ2) is 6.93. The number of nitrogens with zero attached hydrogens (tertiary/aromatic N) is 2. The van der Waals surface area contributed by atoms with Crippen molar-refractivity contribution in [3.05, 3.63) is 28.0 Å². The fraction of sp³-hybridized carbons (Fsp3) is 0.385. The molecule has 3 rings (SSSR count). The molecule has 118 valence electrons. The van der Waals surface area contributed by atoms with Gasteiger partial charge in [0, 0.05) is 31.7 Å². The Balaban J connectivity index is 0.000000545. The maximum Gasteiger partial charge on any atom is 0.290 e. The van der Waals surface area contributed by atoms with Gasteiger partial charge in [0.05, 0.1) is 16.5 Å². The molecule has 1 aromatic rings. The molecule has 0 unspecified atom stereocenters. The Bertz CT molecular complexity index is 611. The van der Waals surface area contributed by atoms with E-state index in [-0.39, 0.29) is 40.3 Å². The summed E-state index contributed by atoms with van der Waals surface area (Å²) < 4.78 is 0. The van der Waals surface area contributed by atoms with E-state index >= 15 is 0 Å². The molecule has 0 bridgehead atoms. The van der Waals surface area contributed by atoms with Gasteiger partial charge < -0.3 is 15.3 Å². The van der Waals surface area contributed by atoms with E-state index in [1.165, 1.54) is 12.3 Å². The summed E-state index contributed by atoms with van der Waals surface area (Å²) >= 11 is 11.7. The fourth-order valence-electron chi connectivity index (χ4n) is 2.64. The molecule has 3 heterocycles. The third kappa shape index (κ3) is 3.31. The number of halogens is 2. The molecule has 22 heavy (non-hydrogen) atoms. The number of aromatic nitrogens is 1. The van der Waals surface area contributed by atoms with E-state index in [1.807, 2.05) is 0 Å². The molecule has 2 amide bonds. The molecular formula is C13H13Cl2N3O4. The zero-order valence-corrected chi connectivity index (χ0v) is 12.8. The van der Waals surface area contributed by atoms with Crippen LogP contribution < -0.4 is 5.32 Å². The number of carboxylic acid groups (broad SMARTS) is 1. The van der Waals surface area contributed by atoms with Gasteiger partial charge in [0.25, 0.3) is 12.4 Å². The van der Waals surface area contributed by atoms with Gasteiger partial charge in [0.1, 0.15) is 5.15 Å². The van der Waals surface area contributed by atoms with Crippen LogP contribution in [-0.2, 0) is 9.59 Å². The number of carbonyl (C=O) groups excluding carboxylic acids is 2. The van der Waals surface area contributed by atoms with Crippen LogP contribution in [0.15, 0.2) is 12.3 Å². The Labute approximate surface area is 136 Å². The molecule has 2 aliphatic rings. The van der Waals surface area contributed by atoms with Crippen LogP contribution in [0.1, 0.15) is 10.4 Å². The number of hydrogen-bond acceptors (Lipinski definition) is 4. The molecule has 2 N–H and O–H groups in total. The first kappa shape index (κ1) is 16.5. The quantitative estimate of drug-likeness (QED) is 0.582. The van der Waals surface area contributed by atoms with Gasteiger partial charge in [-0.25, -0.2) is 4.98 Å². The van der Waals surface area contributed by atoms with Gasteiger partial charge in [-0.15, -0.1) is 0 Å². The van der Waals surface area contributed by atoms with Gasteiger partial charge in [0.15, 0.2) is 0 Å². The van der Waals surface area contributed by atoms with Crippen LogP contribution in [0.25, 0.3) is 0 Å². The predicted octanol–water partition coefficient (Wildman–Crippen LogP) is 0.907. The lowest BCUT2D eigenvalue weighted by atomic mass is 10.0. The highest BCUT2D eigenvalue weighted by molar-refractivity contribution is 6.36. The second-order valence-electron chi connectivity index (χ2n) is 4.91. The van der Waals surface area contributed by atoms with Crippen LogP contribution in [0.5, 0.6) is 0 Å². The molecule has 2 saturated heterocycles. The highest BCUT2D eigenvalue weighted by Crippen LogP contribution is 2.29. The normalized spacial score (nSPS) is 22.5. The van der Waals surface area contributed by atoms with E-state index in [1.54, 1.807) is 4.90 Å². The Hall–Kier alpha value is -1.86. The van der Waals surface area contributed by atoms with Gasteiger partial charge in [0.2, 0.25) is 5.91 Å². The van der Waals surface area contributed by atoms with Crippen LogP contribution in [0.3, 0.4) is 0 Å². The highest BCUT2D eigenvalue weighted by Gasteiger charge is 2.43. The topological polar surface area (TPSA) is 99.6 Å². The van der Waals surface area contributed by atoms with Crippen molar-refractivity contribution in [2.75, 3.05) is 19.6 Å². The van der Waals surface area contributed by atoms with Crippen molar-refractivity contribution < 1.29 is 19.5 Å². The van der Waals surface area contributed by atoms with Gasteiger partial charge in [-0.05, 0) is 6.07 Å². The first-order valence-electron chi connectivity index (χ1n) is 6.43. The summed E-state index contributed by atoms with van der Waals surface area (Å²) in [5, 5.41) is 10.2. The standard InChI is InChI=1S/C12H11Cl2N3O2.CH2O2/c13-9-1-10(14)15-3-7(9)12(19)17-4-6-2-16-11(18)8(6)5-17;2-1-3/h1,3,6,8H,2,4-5H2,(H,16,18);1H,(H,2,3)/t6-,8+;/m1./s1. The molecule has 0 spiro atoms. The molecule has 0 aliphatic carbocycles. The first-order valence-corrected chi connectivity index (χ1v) is 7.19. The number of carbonyl (C=O) groups is 3. The minimum absolute atomic E-state index is 0.0284. The third-order valence-electron chi connectivity index (χ3n) is 3.65. The summed E-state index contributed by atoms with van der Waals surface area (Å²) in [6.45, 7) is 1.40. The maximum absolute atomic E-state index is 12.3. The van der Waals surface area contributed by atoms with Crippen LogP contribution in [0.4, 0.5) is 0 Å². The van der Waals surface area contributed by atoms with Crippen molar-refractivity contribution in [2.24, 2.45) is 11.8 Å². The number of hydrogen-bond donors (Lipinski definition) is 2. The molecule has 0 saturated carbocycles. The van der Waals surface area contributed by atoms with E-state index in [0.717, 1.165) is 0 Å². The monoisotopic (exact) mass is 345 g/mol. The summed E-state index contributed by atoms with van der Waals surface area (Å²) in [5.41, 5.74) is 0.325. The lowest BCUT2D eigenvalue weighted by Gasteiger charge is -2.17. The van der Waals surface area contributed by atoms with E-state index in [2.05, 4.69) is 10.3 Å². The maximum atomic E-state index is 12.3. The van der Waals surface area contributed by atoms with Crippen LogP contribution in [0, 0.1) is 11.8 Å². The highest BCUT2D eigenvalue weighted by atomic mass is 35.5. The van der Waals surface area contributed by atoms with Gasteiger partial charge in [-0.3, -0.25) is 14.4 Å². The summed E-state index contributed by atoms with van der Waals surface area (Å²) in [6.07, 6.45) is 1.38. The van der Waals surface area contributed by atoms with Crippen molar-refractivity contribution in [2.45, 2.75) is 0 Å². The Morgan fingerprint density at radius 2 is 2.14 bits per heavy atom. The van der Waals surface area contributed by atoms with Crippen LogP contribution in [-0.4, -0.2) is 52.9 Å². The SMILES string of the molecule is O=C1NC[C@@H]2CN(C(=O)c3cnc(Cl)cc3Cl)C[C@H]12.O=CO. The molecular weight excluding hydrogens is 333 g/mol. The number of pyridine rings is 1. The lowest BCUT2D eigenvalue weighted by molar-refractivity contribution is -0.123. The predicted molar refractivity (Wildman–Crippen MR) is 78.8 cm³/mol. The second-order valence-corrected chi connectivity index (χ2v) is 5.71. The van der Waals surface area contributed by atoms with Crippen LogP contribution in [0.2, 0.25) is 10.2 Å². The van der Waals surface area contributed by atoms with E-state index in [4.69, 9.17) is 33.1 Å². The Morgan fingerprint density at radius 1 is 1.45 bits per heavy atom. The largest absolute Gasteiger partial charge is 0.483 e. The molecule has 0 aromatic carbocycles. The van der Waals surface area contributed by atoms with Crippen molar-refractivity contribution in [3.8, 4) is 0 Å². The zero-order chi connectivity index (χ0) is 16.3. The molecule has 2 fully saturated rings. The fourth-order valence-corrected chi connectivity index (χ4v) is 3.09. The average molecular weight is 346 g/mol. The van der Waals surface area contributed by atoms with Gasteiger partial charge in [-0.1, -0.05) is 23.2 Å². The molecule has 0 radical (unpaired) electrons. The minimum atomic E-state index is -0.250. The van der Waals surface area contributed by atoms with Gasteiger partial charge >= 0.3 is 0 Å². The number of amides is 2. The number of likely N-dealkylation sites (tertiary alicyclic amines) is 1. The van der Waals surface area contributed by atoms with E-state index in [9.17, 15) is 9.59 Å². The minimum Gasteiger partial charge on any atom is -0.483 e. The molecule has 2 atom stereocenters. The summed E-state index contributed by atoms with van der Waals surface area (Å²) in [6, 6.07) is 1.44. The smallest absolute Gasteiger partial charge is 0.290 e. The van der Waals surface area contributed by atoms with Crippen molar-refractivity contribution in [3.63, 3.8) is 0 Å². The van der Waals surface area contributed by atoms with E-state index < -0.39 is 0 Å². The zero-order valence-electron chi connectivity index (χ0n) is 11.3. The van der Waals surface area contributed by atoms with E-state index in [0.29, 0.717) is 25.2 Å². The van der Waals surface area contributed by atoms with Crippen molar-refractivity contribution in [1.29, 1.82) is 0 Å². The van der Waals surface area contributed by atoms with Gasteiger partial charge in [-0.2, -0.15) is 0 Å². The molecule has 9 heteroatoms. The number of rotatable bonds is 1.